The molecule has 2 fully saturated rings. The van der Waals surface area contributed by atoms with E-state index in [-0.39, 0.29) is 5.91 Å². The molecule has 1 amide bonds. The summed E-state index contributed by atoms with van der Waals surface area (Å²) in [7, 11) is 0. The van der Waals surface area contributed by atoms with Crippen molar-refractivity contribution in [2.24, 2.45) is 0 Å². The average Bonchev–Trinajstić information content (AvgIpc) is 2.73. The van der Waals surface area contributed by atoms with Crippen LogP contribution in [0.5, 0.6) is 0 Å². The van der Waals surface area contributed by atoms with E-state index in [1.165, 1.54) is 5.69 Å². The number of piperazine rings is 1. The molecule has 0 N–H and O–H groups in total. The number of hydrogen-bond donors (Lipinski definition) is 0. The Morgan fingerprint density at radius 2 is 1.86 bits per heavy atom. The lowest BCUT2D eigenvalue weighted by Crippen LogP contribution is -2.56. The van der Waals surface area contributed by atoms with Gasteiger partial charge in [0.2, 0.25) is 0 Å². The van der Waals surface area contributed by atoms with Gasteiger partial charge in [0, 0.05) is 61.7 Å². The number of pyridine rings is 1. The molecule has 2 aliphatic rings. The first-order chi connectivity index (χ1) is 13.6. The molecule has 3 heterocycles. The number of rotatable bonds is 3. The number of likely N-dealkylation sites (tertiary alicyclic amines) is 1. The number of piperidine rings is 1. The molecular weight excluding hydrogens is 372 g/mol. The maximum Gasteiger partial charge on any atom is 0.272 e. The number of aryl methyl sites for hydroxylation is 1. The van der Waals surface area contributed by atoms with E-state index in [2.05, 4.69) is 20.9 Å². The Labute approximate surface area is 171 Å². The Kier molecular flexibility index (Phi) is 5.83. The van der Waals surface area contributed by atoms with Crippen molar-refractivity contribution in [1.82, 2.24) is 14.8 Å². The molecule has 1 aromatic heterocycles. The Hall–Kier alpha value is -2.11. The van der Waals surface area contributed by atoms with E-state index >= 15 is 0 Å². The van der Waals surface area contributed by atoms with E-state index in [1.54, 1.807) is 0 Å². The minimum atomic E-state index is 0.0611. The SMILES string of the molecule is Cc1cccc(C(=O)N2CCC[C@@H](N3CCN(c4cccc(Cl)c4)CC3)C2)n1. The van der Waals surface area contributed by atoms with Gasteiger partial charge in [0.25, 0.3) is 5.91 Å². The summed E-state index contributed by atoms with van der Waals surface area (Å²) in [6, 6.07) is 14.2. The zero-order valence-electron chi connectivity index (χ0n) is 16.4. The smallest absolute Gasteiger partial charge is 0.272 e. The van der Waals surface area contributed by atoms with Crippen molar-refractivity contribution in [3.63, 3.8) is 0 Å². The van der Waals surface area contributed by atoms with E-state index in [0.29, 0.717) is 11.7 Å². The molecule has 0 bridgehead atoms. The standard InChI is InChI=1S/C22H27ClN4O/c1-17-5-2-9-21(24-17)22(28)27-10-4-8-20(16-27)26-13-11-25(12-14-26)19-7-3-6-18(23)15-19/h2-3,5-7,9,15,20H,4,8,10-14,16H2,1H3/t20-/m1/s1. The third-order valence-electron chi connectivity index (χ3n) is 5.80. The first-order valence-electron chi connectivity index (χ1n) is 10.1. The fourth-order valence-corrected chi connectivity index (χ4v) is 4.46. The van der Waals surface area contributed by atoms with Crippen LogP contribution >= 0.6 is 11.6 Å². The van der Waals surface area contributed by atoms with Crippen LogP contribution in [0.15, 0.2) is 42.5 Å². The van der Waals surface area contributed by atoms with Gasteiger partial charge in [-0.25, -0.2) is 4.98 Å². The first kappa shape index (κ1) is 19.2. The molecule has 2 aliphatic heterocycles. The number of amides is 1. The van der Waals surface area contributed by atoms with Gasteiger partial charge in [0.1, 0.15) is 5.69 Å². The summed E-state index contributed by atoms with van der Waals surface area (Å²) < 4.78 is 0. The number of carbonyl (C=O) groups is 1. The van der Waals surface area contributed by atoms with Crippen molar-refractivity contribution in [1.29, 1.82) is 0 Å². The molecule has 2 aromatic rings. The summed E-state index contributed by atoms with van der Waals surface area (Å²) >= 11 is 6.14. The third kappa shape index (κ3) is 4.31. The number of benzene rings is 1. The molecule has 5 nitrogen and oxygen atoms in total. The molecule has 28 heavy (non-hydrogen) atoms. The van der Waals surface area contributed by atoms with Gasteiger partial charge in [-0.2, -0.15) is 0 Å². The predicted octanol–water partition coefficient (Wildman–Crippen LogP) is 3.47. The first-order valence-corrected chi connectivity index (χ1v) is 10.5. The summed E-state index contributed by atoms with van der Waals surface area (Å²) in [5.41, 5.74) is 2.64. The van der Waals surface area contributed by atoms with E-state index in [4.69, 9.17) is 11.6 Å². The number of carbonyl (C=O) groups excluding carboxylic acids is 1. The highest BCUT2D eigenvalue weighted by atomic mass is 35.5. The maximum absolute atomic E-state index is 12.9. The lowest BCUT2D eigenvalue weighted by atomic mass is 10.0. The zero-order chi connectivity index (χ0) is 19.5. The van der Waals surface area contributed by atoms with Gasteiger partial charge in [0.05, 0.1) is 0 Å². The normalized spacial score (nSPS) is 21.0. The second-order valence-electron chi connectivity index (χ2n) is 7.71. The van der Waals surface area contributed by atoms with Gasteiger partial charge in [-0.05, 0) is 50.1 Å². The largest absolute Gasteiger partial charge is 0.369 e. The van der Waals surface area contributed by atoms with Crippen molar-refractivity contribution in [3.05, 3.63) is 58.9 Å². The van der Waals surface area contributed by atoms with Crippen molar-refractivity contribution < 1.29 is 4.79 Å². The van der Waals surface area contributed by atoms with Crippen LogP contribution in [0.2, 0.25) is 5.02 Å². The third-order valence-corrected chi connectivity index (χ3v) is 6.03. The number of anilines is 1. The predicted molar refractivity (Wildman–Crippen MR) is 113 cm³/mol. The van der Waals surface area contributed by atoms with Gasteiger partial charge in [-0.15, -0.1) is 0 Å². The van der Waals surface area contributed by atoms with Crippen molar-refractivity contribution >= 4 is 23.2 Å². The number of halogens is 1. The maximum atomic E-state index is 12.9. The van der Waals surface area contributed by atoms with Crippen molar-refractivity contribution in [2.45, 2.75) is 25.8 Å². The second-order valence-corrected chi connectivity index (χ2v) is 8.15. The fraction of sp³-hybridized carbons (Fsp3) is 0.455. The topological polar surface area (TPSA) is 39.7 Å². The highest BCUT2D eigenvalue weighted by Crippen LogP contribution is 2.23. The molecule has 2 saturated heterocycles. The lowest BCUT2D eigenvalue weighted by molar-refractivity contribution is 0.0558. The molecule has 4 rings (SSSR count). The van der Waals surface area contributed by atoms with Gasteiger partial charge in [0.15, 0.2) is 0 Å². The summed E-state index contributed by atoms with van der Waals surface area (Å²) in [5, 5.41) is 0.783. The van der Waals surface area contributed by atoms with E-state index in [9.17, 15) is 4.79 Å². The molecule has 0 spiro atoms. The molecule has 1 aromatic carbocycles. The number of aromatic nitrogens is 1. The highest BCUT2D eigenvalue weighted by molar-refractivity contribution is 6.30. The van der Waals surface area contributed by atoms with Crippen LogP contribution in [0.25, 0.3) is 0 Å². The molecule has 0 aliphatic carbocycles. The molecule has 0 unspecified atom stereocenters. The Morgan fingerprint density at radius 3 is 2.61 bits per heavy atom. The van der Waals surface area contributed by atoms with Crippen LogP contribution < -0.4 is 4.90 Å². The second kappa shape index (κ2) is 8.50. The van der Waals surface area contributed by atoms with Crippen LogP contribution in [-0.2, 0) is 0 Å². The van der Waals surface area contributed by atoms with Crippen LogP contribution in [0.3, 0.4) is 0 Å². The lowest BCUT2D eigenvalue weighted by Gasteiger charge is -2.44. The molecule has 6 heteroatoms. The van der Waals surface area contributed by atoms with Crippen molar-refractivity contribution in [3.8, 4) is 0 Å². The summed E-state index contributed by atoms with van der Waals surface area (Å²) in [5.74, 6) is 0.0611. The zero-order valence-corrected chi connectivity index (χ0v) is 17.1. The summed E-state index contributed by atoms with van der Waals surface area (Å²) in [6.07, 6.45) is 2.21. The Bertz CT molecular complexity index is 835. The number of hydrogen-bond acceptors (Lipinski definition) is 4. The Morgan fingerprint density at radius 1 is 1.07 bits per heavy atom. The summed E-state index contributed by atoms with van der Waals surface area (Å²) in [6.45, 7) is 7.56. The number of nitrogens with zero attached hydrogens (tertiary/aromatic N) is 4. The monoisotopic (exact) mass is 398 g/mol. The quantitative estimate of drug-likeness (QED) is 0.793. The average molecular weight is 399 g/mol. The molecule has 148 valence electrons. The van der Waals surface area contributed by atoms with Gasteiger partial charge in [-0.1, -0.05) is 23.7 Å². The minimum Gasteiger partial charge on any atom is -0.369 e. The van der Waals surface area contributed by atoms with Gasteiger partial charge < -0.3 is 9.80 Å². The molecule has 0 radical (unpaired) electrons. The van der Waals surface area contributed by atoms with E-state index < -0.39 is 0 Å². The fourth-order valence-electron chi connectivity index (χ4n) is 4.28. The Balaban J connectivity index is 1.36. The van der Waals surface area contributed by atoms with Gasteiger partial charge in [-0.3, -0.25) is 9.69 Å². The van der Waals surface area contributed by atoms with Crippen LogP contribution in [0.1, 0.15) is 29.0 Å². The van der Waals surface area contributed by atoms with Crippen LogP contribution in [0.4, 0.5) is 5.69 Å². The van der Waals surface area contributed by atoms with Crippen molar-refractivity contribution in [2.75, 3.05) is 44.2 Å². The van der Waals surface area contributed by atoms with Crippen LogP contribution in [-0.4, -0.2) is 66.0 Å². The molecule has 0 saturated carbocycles. The van der Waals surface area contributed by atoms with E-state index in [1.807, 2.05) is 48.2 Å². The van der Waals surface area contributed by atoms with E-state index in [0.717, 1.165) is 62.8 Å². The molecule has 1 atom stereocenters. The molecular formula is C22H27ClN4O. The van der Waals surface area contributed by atoms with Crippen LogP contribution in [0, 0.1) is 6.92 Å². The van der Waals surface area contributed by atoms with Gasteiger partial charge >= 0.3 is 0 Å². The summed E-state index contributed by atoms with van der Waals surface area (Å²) in [4.78, 5) is 24.2. The minimum absolute atomic E-state index is 0.0611. The highest BCUT2D eigenvalue weighted by Gasteiger charge is 2.30.